The zero-order chi connectivity index (χ0) is 20.0. The van der Waals surface area contributed by atoms with E-state index in [1.165, 1.54) is 11.3 Å². The van der Waals surface area contributed by atoms with Gasteiger partial charge in [-0.3, -0.25) is 0 Å². The number of aromatic nitrogens is 4. The van der Waals surface area contributed by atoms with E-state index in [0.29, 0.717) is 17.4 Å². The van der Waals surface area contributed by atoms with E-state index in [1.807, 2.05) is 35.7 Å². The number of anilines is 2. The summed E-state index contributed by atoms with van der Waals surface area (Å²) in [7, 11) is 0. The molecule has 7 nitrogen and oxygen atoms in total. The zero-order valence-corrected chi connectivity index (χ0v) is 17.1. The van der Waals surface area contributed by atoms with Crippen LogP contribution in [0.4, 0.5) is 11.5 Å². The molecule has 0 unspecified atom stereocenters. The third-order valence-corrected chi connectivity index (χ3v) is 5.51. The highest BCUT2D eigenvalue weighted by Crippen LogP contribution is 2.27. The fraction of sp³-hybridized carbons (Fsp3) is 0.286. The Hall–Kier alpha value is -3.06. The van der Waals surface area contributed by atoms with Crippen molar-refractivity contribution in [1.29, 1.82) is 0 Å². The van der Waals surface area contributed by atoms with Crippen molar-refractivity contribution in [3.8, 4) is 11.6 Å². The number of hydrogen-bond acceptors (Lipinski definition) is 6. The van der Waals surface area contributed by atoms with Crippen molar-refractivity contribution in [3.05, 3.63) is 58.9 Å². The van der Waals surface area contributed by atoms with E-state index in [9.17, 15) is 0 Å². The molecule has 1 fully saturated rings. The van der Waals surface area contributed by atoms with Gasteiger partial charge in [-0.25, -0.2) is 4.98 Å². The molecule has 8 heteroatoms. The lowest BCUT2D eigenvalue weighted by Gasteiger charge is -2.37. The molecule has 29 heavy (non-hydrogen) atoms. The van der Waals surface area contributed by atoms with Crippen molar-refractivity contribution in [2.75, 3.05) is 36.0 Å². The molecule has 1 aromatic carbocycles. The molecule has 0 amide bonds. The van der Waals surface area contributed by atoms with Crippen LogP contribution in [0, 0.1) is 13.8 Å². The SMILES string of the molecule is Cc1cc(N2CCN(c3cc(Cl)ccc3C)CC2)n2nc(-c3ccco3)nc2n1. The second kappa shape index (κ2) is 7.08. The number of furan rings is 1. The molecule has 148 valence electrons. The van der Waals surface area contributed by atoms with E-state index in [1.54, 1.807) is 6.26 Å². The van der Waals surface area contributed by atoms with E-state index >= 15 is 0 Å². The van der Waals surface area contributed by atoms with Crippen LogP contribution in [0.2, 0.25) is 5.02 Å². The highest BCUT2D eigenvalue weighted by molar-refractivity contribution is 6.30. The third-order valence-electron chi connectivity index (χ3n) is 5.28. The van der Waals surface area contributed by atoms with Crippen LogP contribution in [0.25, 0.3) is 17.4 Å². The summed E-state index contributed by atoms with van der Waals surface area (Å²) in [6.45, 7) is 7.67. The molecule has 4 aromatic rings. The first-order valence-electron chi connectivity index (χ1n) is 9.63. The molecule has 0 atom stereocenters. The molecule has 3 aromatic heterocycles. The van der Waals surface area contributed by atoms with Gasteiger partial charge in [0.05, 0.1) is 6.26 Å². The summed E-state index contributed by atoms with van der Waals surface area (Å²) < 4.78 is 7.26. The van der Waals surface area contributed by atoms with Gasteiger partial charge in [-0.15, -0.1) is 5.10 Å². The van der Waals surface area contributed by atoms with Crippen LogP contribution in [0.15, 0.2) is 47.1 Å². The zero-order valence-electron chi connectivity index (χ0n) is 16.3. The smallest absolute Gasteiger partial charge is 0.254 e. The van der Waals surface area contributed by atoms with Crippen molar-refractivity contribution < 1.29 is 4.42 Å². The number of piperazine rings is 1. The van der Waals surface area contributed by atoms with Crippen LogP contribution >= 0.6 is 11.6 Å². The standard InChI is InChI=1S/C21H21ClN6O/c1-14-5-6-16(22)13-17(14)26-7-9-27(10-8-26)19-12-15(2)23-21-24-20(25-28(19)21)18-4-3-11-29-18/h3-6,11-13H,7-10H2,1-2H3. The fourth-order valence-electron chi connectivity index (χ4n) is 3.80. The molecule has 0 N–H and O–H groups in total. The molecule has 0 radical (unpaired) electrons. The van der Waals surface area contributed by atoms with Gasteiger partial charge in [0.2, 0.25) is 5.82 Å². The predicted molar refractivity (Wildman–Crippen MR) is 114 cm³/mol. The second-order valence-corrected chi connectivity index (χ2v) is 7.72. The van der Waals surface area contributed by atoms with Gasteiger partial charge >= 0.3 is 0 Å². The number of rotatable bonds is 3. The summed E-state index contributed by atoms with van der Waals surface area (Å²) >= 11 is 6.22. The highest BCUT2D eigenvalue weighted by Gasteiger charge is 2.22. The van der Waals surface area contributed by atoms with Crippen LogP contribution < -0.4 is 9.80 Å². The van der Waals surface area contributed by atoms with E-state index in [4.69, 9.17) is 16.0 Å². The van der Waals surface area contributed by atoms with Crippen molar-refractivity contribution >= 4 is 28.9 Å². The Balaban J connectivity index is 1.44. The Kier molecular flexibility index (Phi) is 4.39. The Labute approximate surface area is 173 Å². The predicted octanol–water partition coefficient (Wildman–Crippen LogP) is 3.98. The molecule has 1 aliphatic heterocycles. The number of halogens is 1. The van der Waals surface area contributed by atoms with Gasteiger partial charge in [-0.1, -0.05) is 17.7 Å². The van der Waals surface area contributed by atoms with Crippen LogP contribution in [0.5, 0.6) is 0 Å². The van der Waals surface area contributed by atoms with Gasteiger partial charge in [-0.05, 0) is 43.7 Å². The Morgan fingerprint density at radius 1 is 0.966 bits per heavy atom. The number of benzene rings is 1. The molecule has 0 aliphatic carbocycles. The fourth-order valence-corrected chi connectivity index (χ4v) is 3.97. The average molecular weight is 409 g/mol. The minimum Gasteiger partial charge on any atom is -0.461 e. The number of hydrogen-bond donors (Lipinski definition) is 0. The summed E-state index contributed by atoms with van der Waals surface area (Å²) in [5.41, 5.74) is 3.36. The third kappa shape index (κ3) is 3.31. The Bertz CT molecular complexity index is 1160. The quantitative estimate of drug-likeness (QED) is 0.511. The average Bonchev–Trinajstić information content (AvgIpc) is 3.39. The largest absolute Gasteiger partial charge is 0.461 e. The number of fused-ring (bicyclic) bond motifs is 1. The van der Waals surface area contributed by atoms with Crippen LogP contribution in [0.3, 0.4) is 0 Å². The molecule has 5 rings (SSSR count). The Morgan fingerprint density at radius 2 is 1.76 bits per heavy atom. The van der Waals surface area contributed by atoms with Crippen molar-refractivity contribution in [3.63, 3.8) is 0 Å². The first kappa shape index (κ1) is 18.0. The minimum atomic E-state index is 0.544. The highest BCUT2D eigenvalue weighted by atomic mass is 35.5. The molecule has 0 bridgehead atoms. The van der Waals surface area contributed by atoms with E-state index in [-0.39, 0.29) is 0 Å². The molecular weight excluding hydrogens is 388 g/mol. The first-order chi connectivity index (χ1) is 14.1. The van der Waals surface area contributed by atoms with Gasteiger partial charge in [0.1, 0.15) is 5.82 Å². The Morgan fingerprint density at radius 3 is 2.52 bits per heavy atom. The molecule has 1 saturated heterocycles. The molecule has 0 spiro atoms. The summed E-state index contributed by atoms with van der Waals surface area (Å²) in [5.74, 6) is 2.77. The monoisotopic (exact) mass is 408 g/mol. The van der Waals surface area contributed by atoms with Gasteiger partial charge < -0.3 is 14.2 Å². The maximum atomic E-state index is 6.22. The van der Waals surface area contributed by atoms with Gasteiger partial charge in [0, 0.05) is 48.6 Å². The maximum absolute atomic E-state index is 6.22. The molecule has 4 heterocycles. The van der Waals surface area contributed by atoms with E-state index < -0.39 is 0 Å². The molecule has 1 aliphatic rings. The lowest BCUT2D eigenvalue weighted by molar-refractivity contribution is 0.577. The second-order valence-electron chi connectivity index (χ2n) is 7.29. The van der Waals surface area contributed by atoms with Crippen molar-refractivity contribution in [1.82, 2.24) is 19.6 Å². The van der Waals surface area contributed by atoms with E-state index in [0.717, 1.165) is 42.7 Å². The lowest BCUT2D eigenvalue weighted by atomic mass is 10.1. The van der Waals surface area contributed by atoms with Gasteiger partial charge in [0.15, 0.2) is 5.76 Å². The van der Waals surface area contributed by atoms with Crippen LogP contribution in [-0.4, -0.2) is 45.8 Å². The van der Waals surface area contributed by atoms with Crippen molar-refractivity contribution in [2.45, 2.75) is 13.8 Å². The van der Waals surface area contributed by atoms with Crippen LogP contribution in [0.1, 0.15) is 11.3 Å². The lowest BCUT2D eigenvalue weighted by Crippen LogP contribution is -2.47. The first-order valence-corrected chi connectivity index (χ1v) is 10.0. The minimum absolute atomic E-state index is 0.544. The number of nitrogens with zero attached hydrogens (tertiary/aromatic N) is 6. The molecular formula is C21H21ClN6O. The van der Waals surface area contributed by atoms with Gasteiger partial charge in [0.25, 0.3) is 5.78 Å². The van der Waals surface area contributed by atoms with Crippen LogP contribution in [-0.2, 0) is 0 Å². The topological polar surface area (TPSA) is 62.7 Å². The van der Waals surface area contributed by atoms with Gasteiger partial charge in [-0.2, -0.15) is 9.50 Å². The van der Waals surface area contributed by atoms with Crippen molar-refractivity contribution in [2.24, 2.45) is 0 Å². The summed E-state index contributed by atoms with van der Waals surface area (Å²) in [6.07, 6.45) is 1.62. The summed E-state index contributed by atoms with van der Waals surface area (Å²) in [5, 5.41) is 5.42. The summed E-state index contributed by atoms with van der Waals surface area (Å²) in [6, 6.07) is 11.8. The normalized spacial score (nSPS) is 14.7. The summed E-state index contributed by atoms with van der Waals surface area (Å²) in [4.78, 5) is 13.8. The number of aryl methyl sites for hydroxylation is 2. The van der Waals surface area contributed by atoms with E-state index in [2.05, 4.69) is 43.9 Å². The maximum Gasteiger partial charge on any atom is 0.254 e. The molecule has 0 saturated carbocycles.